The van der Waals surface area contributed by atoms with Crippen molar-refractivity contribution in [3.05, 3.63) is 47.8 Å². The molecule has 1 aliphatic heterocycles. The molecule has 1 atom stereocenters. The molecule has 1 aromatic heterocycles. The van der Waals surface area contributed by atoms with E-state index in [1.54, 1.807) is 25.2 Å². The number of rotatable bonds is 6. The lowest BCUT2D eigenvalue weighted by atomic mass is 10.0. The first-order valence-corrected chi connectivity index (χ1v) is 8.99. The van der Waals surface area contributed by atoms with Crippen LogP contribution in [0.3, 0.4) is 0 Å². The Labute approximate surface area is 181 Å². The van der Waals surface area contributed by atoms with E-state index in [1.807, 2.05) is 24.0 Å². The number of alkyl halides is 2. The summed E-state index contributed by atoms with van der Waals surface area (Å²) in [7, 11) is 3.69. The van der Waals surface area contributed by atoms with Gasteiger partial charge in [-0.3, -0.25) is 9.67 Å². The van der Waals surface area contributed by atoms with Crippen molar-refractivity contribution < 1.29 is 13.5 Å². The molecular formula is C19H26F2IN5O. The summed E-state index contributed by atoms with van der Waals surface area (Å²) in [5.41, 5.74) is 2.20. The maximum absolute atomic E-state index is 12.3. The normalized spacial score (nSPS) is 17.0. The van der Waals surface area contributed by atoms with Gasteiger partial charge in [-0.25, -0.2) is 8.78 Å². The zero-order valence-electron chi connectivity index (χ0n) is 16.0. The summed E-state index contributed by atoms with van der Waals surface area (Å²) in [5.74, 6) is 1.73. The Bertz CT molecular complexity index is 783. The molecule has 9 heteroatoms. The number of nitrogens with zero attached hydrogens (tertiary/aromatic N) is 4. The SMILES string of the molecule is CN=C(NCc1cccc(OCC(F)F)c1)N1CCC(c2cnn(C)c2)C1.I. The van der Waals surface area contributed by atoms with Crippen LogP contribution in [0.25, 0.3) is 0 Å². The second-order valence-corrected chi connectivity index (χ2v) is 6.63. The van der Waals surface area contributed by atoms with Crippen molar-refractivity contribution in [2.24, 2.45) is 12.0 Å². The minimum atomic E-state index is -2.48. The van der Waals surface area contributed by atoms with Gasteiger partial charge in [0.05, 0.1) is 6.20 Å². The maximum atomic E-state index is 12.3. The molecule has 1 fully saturated rings. The van der Waals surface area contributed by atoms with Gasteiger partial charge in [-0.15, -0.1) is 24.0 Å². The molecule has 28 heavy (non-hydrogen) atoms. The Balaban J connectivity index is 0.00000280. The van der Waals surface area contributed by atoms with Crippen molar-refractivity contribution in [2.45, 2.75) is 25.3 Å². The summed E-state index contributed by atoms with van der Waals surface area (Å²) < 4.78 is 31.5. The Morgan fingerprint density at radius 2 is 2.25 bits per heavy atom. The highest BCUT2D eigenvalue weighted by molar-refractivity contribution is 14.0. The summed E-state index contributed by atoms with van der Waals surface area (Å²) in [6, 6.07) is 7.18. The highest BCUT2D eigenvalue weighted by Gasteiger charge is 2.26. The van der Waals surface area contributed by atoms with Crippen LogP contribution in [0.5, 0.6) is 5.75 Å². The number of halogens is 3. The average Bonchev–Trinajstić information content (AvgIpc) is 3.30. The summed E-state index contributed by atoms with van der Waals surface area (Å²) in [4.78, 5) is 6.61. The van der Waals surface area contributed by atoms with Gasteiger partial charge in [0.25, 0.3) is 6.43 Å². The van der Waals surface area contributed by atoms with E-state index in [4.69, 9.17) is 4.74 Å². The summed E-state index contributed by atoms with van der Waals surface area (Å²) in [6.07, 6.45) is 2.57. The Morgan fingerprint density at radius 3 is 2.93 bits per heavy atom. The van der Waals surface area contributed by atoms with Crippen LogP contribution in [0.15, 0.2) is 41.7 Å². The van der Waals surface area contributed by atoms with E-state index in [1.165, 1.54) is 5.56 Å². The zero-order chi connectivity index (χ0) is 19.2. The third kappa shape index (κ3) is 6.05. The van der Waals surface area contributed by atoms with Gasteiger partial charge >= 0.3 is 0 Å². The number of ether oxygens (including phenoxy) is 1. The standard InChI is InChI=1S/C19H25F2N5O.HI/c1-22-19(26-7-6-15(12-26)16-10-24-25(2)11-16)23-9-14-4-3-5-17(8-14)27-13-18(20)21;/h3-5,8,10-11,15,18H,6-7,9,12-13H2,1-2H3,(H,22,23);1H. The van der Waals surface area contributed by atoms with Crippen molar-refractivity contribution >= 4 is 29.9 Å². The Morgan fingerprint density at radius 1 is 1.43 bits per heavy atom. The Hall–Kier alpha value is -1.91. The lowest BCUT2D eigenvalue weighted by Gasteiger charge is -2.21. The number of nitrogens with one attached hydrogen (secondary N) is 1. The summed E-state index contributed by atoms with van der Waals surface area (Å²) in [6.45, 7) is 1.77. The molecule has 0 saturated carbocycles. The molecule has 6 nitrogen and oxygen atoms in total. The van der Waals surface area contributed by atoms with E-state index < -0.39 is 13.0 Å². The molecular weight excluding hydrogens is 479 g/mol. The largest absolute Gasteiger partial charge is 0.488 e. The number of hydrogen-bond acceptors (Lipinski definition) is 3. The molecule has 1 aliphatic rings. The molecule has 1 unspecified atom stereocenters. The second kappa shape index (κ2) is 10.6. The molecule has 1 aromatic carbocycles. The number of aromatic nitrogens is 2. The maximum Gasteiger partial charge on any atom is 0.272 e. The number of aryl methyl sites for hydroxylation is 1. The molecule has 3 rings (SSSR count). The minimum Gasteiger partial charge on any atom is -0.488 e. The van der Waals surface area contributed by atoms with Crippen LogP contribution in [0.1, 0.15) is 23.5 Å². The monoisotopic (exact) mass is 505 g/mol. The van der Waals surface area contributed by atoms with Gasteiger partial charge in [0, 0.05) is 45.8 Å². The van der Waals surface area contributed by atoms with E-state index >= 15 is 0 Å². The molecule has 0 amide bonds. The highest BCUT2D eigenvalue weighted by Crippen LogP contribution is 2.26. The van der Waals surface area contributed by atoms with E-state index in [0.717, 1.165) is 31.0 Å². The number of aliphatic imine (C=N–C) groups is 1. The lowest BCUT2D eigenvalue weighted by molar-refractivity contribution is 0.0818. The second-order valence-electron chi connectivity index (χ2n) is 6.63. The van der Waals surface area contributed by atoms with Crippen LogP contribution in [-0.2, 0) is 13.6 Å². The van der Waals surface area contributed by atoms with Crippen molar-refractivity contribution in [3.63, 3.8) is 0 Å². The third-order valence-electron chi connectivity index (χ3n) is 4.62. The fourth-order valence-electron chi connectivity index (χ4n) is 3.29. The zero-order valence-corrected chi connectivity index (χ0v) is 18.3. The van der Waals surface area contributed by atoms with E-state index in [0.29, 0.717) is 18.2 Å². The van der Waals surface area contributed by atoms with Gasteiger partial charge in [-0.05, 0) is 29.7 Å². The highest BCUT2D eigenvalue weighted by atomic mass is 127. The van der Waals surface area contributed by atoms with Crippen molar-refractivity contribution in [1.82, 2.24) is 20.0 Å². The lowest BCUT2D eigenvalue weighted by Crippen LogP contribution is -2.39. The summed E-state index contributed by atoms with van der Waals surface area (Å²) in [5, 5.41) is 7.60. The quantitative estimate of drug-likeness (QED) is 0.372. The topological polar surface area (TPSA) is 54.7 Å². The predicted octanol–water partition coefficient (Wildman–Crippen LogP) is 3.25. The fraction of sp³-hybridized carbons (Fsp3) is 0.474. The summed E-state index contributed by atoms with van der Waals surface area (Å²) >= 11 is 0. The van der Waals surface area contributed by atoms with Crippen molar-refractivity contribution in [1.29, 1.82) is 0 Å². The number of hydrogen-bond donors (Lipinski definition) is 1. The molecule has 0 aliphatic carbocycles. The van der Waals surface area contributed by atoms with Gasteiger partial charge in [0.1, 0.15) is 12.4 Å². The molecule has 2 aromatic rings. The van der Waals surface area contributed by atoms with Crippen LogP contribution in [-0.4, -0.2) is 53.8 Å². The van der Waals surface area contributed by atoms with Gasteiger partial charge in [0.15, 0.2) is 5.96 Å². The molecule has 154 valence electrons. The smallest absolute Gasteiger partial charge is 0.272 e. The van der Waals surface area contributed by atoms with E-state index in [2.05, 4.69) is 26.5 Å². The number of likely N-dealkylation sites (tertiary alicyclic amines) is 1. The molecule has 1 saturated heterocycles. The van der Waals surface area contributed by atoms with E-state index in [9.17, 15) is 8.78 Å². The van der Waals surface area contributed by atoms with Gasteiger partial charge in [-0.2, -0.15) is 5.10 Å². The molecule has 2 heterocycles. The first-order chi connectivity index (χ1) is 13.0. The average molecular weight is 505 g/mol. The molecule has 0 radical (unpaired) electrons. The predicted molar refractivity (Wildman–Crippen MR) is 116 cm³/mol. The van der Waals surface area contributed by atoms with Gasteiger partial charge in [-0.1, -0.05) is 12.1 Å². The molecule has 0 spiro atoms. The molecule has 0 bridgehead atoms. The van der Waals surface area contributed by atoms with Crippen molar-refractivity contribution in [3.8, 4) is 5.75 Å². The van der Waals surface area contributed by atoms with Crippen molar-refractivity contribution in [2.75, 3.05) is 26.7 Å². The van der Waals surface area contributed by atoms with Crippen LogP contribution in [0.4, 0.5) is 8.78 Å². The van der Waals surface area contributed by atoms with Crippen LogP contribution >= 0.6 is 24.0 Å². The van der Waals surface area contributed by atoms with Crippen LogP contribution in [0, 0.1) is 0 Å². The van der Waals surface area contributed by atoms with Gasteiger partial charge < -0.3 is 15.0 Å². The van der Waals surface area contributed by atoms with E-state index in [-0.39, 0.29) is 24.0 Å². The van der Waals surface area contributed by atoms with Crippen LogP contribution < -0.4 is 10.1 Å². The first-order valence-electron chi connectivity index (χ1n) is 8.99. The minimum absolute atomic E-state index is 0. The first kappa shape index (κ1) is 22.4. The number of benzene rings is 1. The Kier molecular flexibility index (Phi) is 8.46. The molecule has 1 N–H and O–H groups in total. The van der Waals surface area contributed by atoms with Gasteiger partial charge in [0.2, 0.25) is 0 Å². The third-order valence-corrected chi connectivity index (χ3v) is 4.62. The van der Waals surface area contributed by atoms with Crippen LogP contribution in [0.2, 0.25) is 0 Å². The number of guanidine groups is 1. The fourth-order valence-corrected chi connectivity index (χ4v) is 3.29.